The molecule has 0 amide bonds. The summed E-state index contributed by atoms with van der Waals surface area (Å²) in [5.74, 6) is 0.0267. The van der Waals surface area contributed by atoms with Crippen LogP contribution in [0.2, 0.25) is 5.02 Å². The fourth-order valence-electron chi connectivity index (χ4n) is 2.70. The normalized spacial score (nSPS) is 18.2. The lowest BCUT2D eigenvalue weighted by Gasteiger charge is -2.33. The lowest BCUT2D eigenvalue weighted by Crippen LogP contribution is -2.47. The van der Waals surface area contributed by atoms with Crippen LogP contribution in [0.4, 0.5) is 4.39 Å². The van der Waals surface area contributed by atoms with Crippen LogP contribution < -0.4 is 0 Å². The summed E-state index contributed by atoms with van der Waals surface area (Å²) < 4.78 is 15.2. The van der Waals surface area contributed by atoms with E-state index in [0.29, 0.717) is 23.8 Å². The molecule has 3 rings (SSSR count). The zero-order valence-corrected chi connectivity index (χ0v) is 12.6. The van der Waals surface area contributed by atoms with E-state index in [2.05, 4.69) is 10.2 Å². The third-order valence-electron chi connectivity index (χ3n) is 3.75. The Morgan fingerprint density at radius 3 is 2.91 bits per heavy atom. The van der Waals surface area contributed by atoms with E-state index in [0.717, 1.165) is 0 Å². The van der Waals surface area contributed by atoms with Crippen molar-refractivity contribution in [3.8, 4) is 0 Å². The fraction of sp³-hybridized carbons (Fsp3) is 0.357. The van der Waals surface area contributed by atoms with E-state index in [9.17, 15) is 14.3 Å². The van der Waals surface area contributed by atoms with Gasteiger partial charge in [0.25, 0.3) is 0 Å². The van der Waals surface area contributed by atoms with Gasteiger partial charge in [-0.15, -0.1) is 10.2 Å². The predicted octanol–water partition coefficient (Wildman–Crippen LogP) is 1.85. The van der Waals surface area contributed by atoms with Crippen molar-refractivity contribution in [3.05, 3.63) is 46.3 Å². The number of fused-ring (bicyclic) bond motifs is 1. The van der Waals surface area contributed by atoms with Crippen LogP contribution in [0.5, 0.6) is 0 Å². The monoisotopic (exact) mass is 324 g/mol. The number of aryl methyl sites for hydroxylation is 1. The van der Waals surface area contributed by atoms with Crippen molar-refractivity contribution in [3.63, 3.8) is 0 Å². The molecule has 1 aromatic heterocycles. The molecule has 0 bridgehead atoms. The highest BCUT2D eigenvalue weighted by Crippen LogP contribution is 2.22. The second kappa shape index (κ2) is 5.66. The number of rotatable bonds is 3. The Kier molecular flexibility index (Phi) is 3.84. The molecular formula is C14H14ClFN4O2. The van der Waals surface area contributed by atoms with E-state index in [1.807, 2.05) is 0 Å². The molecule has 0 radical (unpaired) electrons. The third kappa shape index (κ3) is 2.82. The summed E-state index contributed by atoms with van der Waals surface area (Å²) in [5.41, 5.74) is 0.626. The number of carboxylic acid groups (broad SMARTS) is 1. The minimum atomic E-state index is -0.929. The van der Waals surface area contributed by atoms with E-state index in [4.69, 9.17) is 11.6 Å². The Labute approximate surface area is 131 Å². The van der Waals surface area contributed by atoms with Crippen molar-refractivity contribution >= 4 is 17.6 Å². The molecule has 116 valence electrons. The SMILES string of the molecule is Cc1nnc2n1CC(C(=O)O)N(Cc1cc(F)cc(Cl)c1)C2. The van der Waals surface area contributed by atoms with Crippen molar-refractivity contribution in [2.75, 3.05) is 0 Å². The van der Waals surface area contributed by atoms with Crippen molar-refractivity contribution in [1.29, 1.82) is 0 Å². The maximum absolute atomic E-state index is 13.4. The van der Waals surface area contributed by atoms with Gasteiger partial charge in [-0.3, -0.25) is 9.69 Å². The van der Waals surface area contributed by atoms with Crippen LogP contribution in [0.3, 0.4) is 0 Å². The quantitative estimate of drug-likeness (QED) is 0.933. The summed E-state index contributed by atoms with van der Waals surface area (Å²) in [7, 11) is 0. The molecule has 0 aliphatic carbocycles. The Bertz CT molecular complexity index is 713. The number of benzene rings is 1. The number of hydrogen-bond donors (Lipinski definition) is 1. The summed E-state index contributed by atoms with van der Waals surface area (Å²) in [6.07, 6.45) is 0. The number of carbonyl (C=O) groups is 1. The molecule has 6 nitrogen and oxygen atoms in total. The van der Waals surface area contributed by atoms with Crippen molar-refractivity contribution in [1.82, 2.24) is 19.7 Å². The highest BCUT2D eigenvalue weighted by Gasteiger charge is 2.33. The molecule has 1 N–H and O–H groups in total. The van der Waals surface area contributed by atoms with Gasteiger partial charge >= 0.3 is 5.97 Å². The first-order chi connectivity index (χ1) is 10.4. The molecule has 8 heteroatoms. The summed E-state index contributed by atoms with van der Waals surface area (Å²) in [5, 5.41) is 17.8. The van der Waals surface area contributed by atoms with Gasteiger partial charge in [0, 0.05) is 11.6 Å². The van der Waals surface area contributed by atoms with Gasteiger partial charge in [-0.1, -0.05) is 11.6 Å². The number of hydrogen-bond acceptors (Lipinski definition) is 4. The van der Waals surface area contributed by atoms with Gasteiger partial charge < -0.3 is 9.67 Å². The largest absolute Gasteiger partial charge is 0.480 e. The third-order valence-corrected chi connectivity index (χ3v) is 3.96. The van der Waals surface area contributed by atoms with Gasteiger partial charge in [0.2, 0.25) is 0 Å². The van der Waals surface area contributed by atoms with E-state index < -0.39 is 17.8 Å². The number of carboxylic acids is 1. The zero-order valence-electron chi connectivity index (χ0n) is 11.8. The summed E-state index contributed by atoms with van der Waals surface area (Å²) >= 11 is 5.85. The van der Waals surface area contributed by atoms with Crippen molar-refractivity contribution in [2.45, 2.75) is 32.6 Å². The lowest BCUT2D eigenvalue weighted by molar-refractivity contribution is -0.145. The molecule has 0 saturated carbocycles. The number of nitrogens with zero attached hydrogens (tertiary/aromatic N) is 4. The van der Waals surface area contributed by atoms with E-state index >= 15 is 0 Å². The van der Waals surface area contributed by atoms with E-state index in [-0.39, 0.29) is 18.1 Å². The molecule has 1 aromatic carbocycles. The molecule has 22 heavy (non-hydrogen) atoms. The summed E-state index contributed by atoms with van der Waals surface area (Å²) in [6, 6.07) is 3.49. The fourth-order valence-corrected chi connectivity index (χ4v) is 2.94. The predicted molar refractivity (Wildman–Crippen MR) is 76.8 cm³/mol. The Balaban J connectivity index is 1.89. The summed E-state index contributed by atoms with van der Waals surface area (Å²) in [6.45, 7) is 2.68. The maximum atomic E-state index is 13.4. The van der Waals surface area contributed by atoms with Crippen molar-refractivity contribution in [2.24, 2.45) is 0 Å². The molecule has 0 fully saturated rings. The Morgan fingerprint density at radius 1 is 1.45 bits per heavy atom. The smallest absolute Gasteiger partial charge is 0.322 e. The minimum absolute atomic E-state index is 0.270. The first-order valence-corrected chi connectivity index (χ1v) is 7.12. The van der Waals surface area contributed by atoms with E-state index in [1.54, 1.807) is 22.5 Å². The number of halogens is 2. The molecule has 2 heterocycles. The van der Waals surface area contributed by atoms with Crippen LogP contribution in [0.25, 0.3) is 0 Å². The van der Waals surface area contributed by atoms with Crippen molar-refractivity contribution < 1.29 is 14.3 Å². The maximum Gasteiger partial charge on any atom is 0.322 e. The van der Waals surface area contributed by atoms with Crippen LogP contribution in [0.1, 0.15) is 17.2 Å². The van der Waals surface area contributed by atoms with Crippen LogP contribution in [0.15, 0.2) is 18.2 Å². The van der Waals surface area contributed by atoms with Crippen LogP contribution in [0, 0.1) is 12.7 Å². The highest BCUT2D eigenvalue weighted by atomic mass is 35.5. The average molecular weight is 325 g/mol. The van der Waals surface area contributed by atoms with E-state index in [1.165, 1.54) is 12.1 Å². The van der Waals surface area contributed by atoms with Gasteiger partial charge in [0.05, 0.1) is 13.1 Å². The molecule has 0 saturated heterocycles. The topological polar surface area (TPSA) is 71.2 Å². The zero-order chi connectivity index (χ0) is 15.9. The molecule has 1 atom stereocenters. The van der Waals surface area contributed by atoms with Gasteiger partial charge in [-0.05, 0) is 30.7 Å². The van der Waals surface area contributed by atoms with Crippen LogP contribution in [-0.2, 0) is 24.4 Å². The number of aromatic nitrogens is 3. The second-order valence-corrected chi connectivity index (χ2v) is 5.75. The van der Waals surface area contributed by atoms with Gasteiger partial charge in [0.1, 0.15) is 23.5 Å². The molecular weight excluding hydrogens is 311 g/mol. The number of aliphatic carboxylic acids is 1. The standard InChI is InChI=1S/C14H14ClFN4O2/c1-8-17-18-13-7-19(12(14(21)22)6-20(8)13)5-9-2-10(15)4-11(16)3-9/h2-4,12H,5-7H2,1H3,(H,21,22). The minimum Gasteiger partial charge on any atom is -0.480 e. The second-order valence-electron chi connectivity index (χ2n) is 5.31. The molecule has 1 unspecified atom stereocenters. The average Bonchev–Trinajstić information content (AvgIpc) is 2.77. The van der Waals surface area contributed by atoms with Crippen LogP contribution >= 0.6 is 11.6 Å². The Hall–Kier alpha value is -1.99. The van der Waals surface area contributed by atoms with Gasteiger partial charge in [-0.25, -0.2) is 4.39 Å². The molecule has 1 aliphatic rings. The van der Waals surface area contributed by atoms with Gasteiger partial charge in [-0.2, -0.15) is 0 Å². The molecule has 1 aliphatic heterocycles. The molecule has 2 aromatic rings. The highest BCUT2D eigenvalue weighted by molar-refractivity contribution is 6.30. The first kappa shape index (κ1) is 14.9. The summed E-state index contributed by atoms with van der Waals surface area (Å²) in [4.78, 5) is 13.3. The van der Waals surface area contributed by atoms with Gasteiger partial charge in [0.15, 0.2) is 0 Å². The molecule has 0 spiro atoms. The lowest BCUT2D eigenvalue weighted by atomic mass is 10.1. The first-order valence-electron chi connectivity index (χ1n) is 6.74. The Morgan fingerprint density at radius 2 is 2.23 bits per heavy atom. The van der Waals surface area contributed by atoms with Crippen LogP contribution in [-0.4, -0.2) is 36.8 Å².